The van der Waals surface area contributed by atoms with Crippen molar-refractivity contribution in [3.63, 3.8) is 0 Å². The molecule has 0 amide bonds. The highest BCUT2D eigenvalue weighted by atomic mass is 127. The molecule has 178 valence electrons. The Balaban J connectivity index is 0.00000450. The van der Waals surface area contributed by atoms with Crippen LogP contribution in [-0.2, 0) is 10.0 Å². The topological polar surface area (TPSA) is 80.3 Å². The van der Waals surface area contributed by atoms with Crippen molar-refractivity contribution in [3.8, 4) is 0 Å². The number of sulfonamides is 1. The molecule has 2 aliphatic rings. The predicted octanol–water partition coefficient (Wildman–Crippen LogP) is 1.11. The molecule has 13 heteroatoms. The van der Waals surface area contributed by atoms with Crippen LogP contribution in [0.5, 0.6) is 0 Å². The Kier molecular flexibility index (Phi) is 11.1. The van der Waals surface area contributed by atoms with Gasteiger partial charge in [-0.15, -0.1) is 24.0 Å². The second-order valence-corrected chi connectivity index (χ2v) is 9.47. The maximum absolute atomic E-state index is 12.7. The molecule has 2 N–H and O–H groups in total. The van der Waals surface area contributed by atoms with E-state index in [-0.39, 0.29) is 43.1 Å². The number of piperazine rings is 1. The van der Waals surface area contributed by atoms with Gasteiger partial charge in [-0.25, -0.2) is 8.42 Å². The first-order valence-electron chi connectivity index (χ1n) is 10.1. The first kappa shape index (κ1) is 27.7. The van der Waals surface area contributed by atoms with Gasteiger partial charge in [-0.3, -0.25) is 9.89 Å². The molecule has 1 atom stereocenters. The Labute approximate surface area is 194 Å². The molecule has 2 fully saturated rings. The minimum Gasteiger partial charge on any atom is -0.355 e. The number of rotatable bonds is 6. The SMILES string of the molecule is CCN1CCN(C(C)CNC(=NC)NC2CCN(S(=O)(=O)C(F)(F)F)CC2)CC1.I. The lowest BCUT2D eigenvalue weighted by Gasteiger charge is -2.38. The Morgan fingerprint density at radius 2 is 1.70 bits per heavy atom. The fourth-order valence-electron chi connectivity index (χ4n) is 3.67. The van der Waals surface area contributed by atoms with Gasteiger partial charge >= 0.3 is 15.5 Å². The van der Waals surface area contributed by atoms with Gasteiger partial charge in [0.1, 0.15) is 0 Å². The summed E-state index contributed by atoms with van der Waals surface area (Å²) < 4.78 is 61.5. The van der Waals surface area contributed by atoms with Crippen LogP contribution >= 0.6 is 24.0 Å². The maximum atomic E-state index is 12.7. The molecule has 8 nitrogen and oxygen atoms in total. The fraction of sp³-hybridized carbons (Fsp3) is 0.941. The van der Waals surface area contributed by atoms with Crippen LogP contribution in [0.25, 0.3) is 0 Å². The number of hydrogen-bond donors (Lipinski definition) is 2. The van der Waals surface area contributed by atoms with Crippen molar-refractivity contribution in [2.24, 2.45) is 4.99 Å². The van der Waals surface area contributed by atoms with Gasteiger partial charge < -0.3 is 15.5 Å². The van der Waals surface area contributed by atoms with E-state index >= 15 is 0 Å². The van der Waals surface area contributed by atoms with E-state index < -0.39 is 15.5 Å². The molecular formula is C17H34F3IN6O2S. The molecule has 2 aliphatic heterocycles. The summed E-state index contributed by atoms with van der Waals surface area (Å²) in [5.74, 6) is 0.584. The number of nitrogens with zero attached hydrogens (tertiary/aromatic N) is 4. The van der Waals surface area contributed by atoms with Crippen molar-refractivity contribution in [1.29, 1.82) is 0 Å². The van der Waals surface area contributed by atoms with Crippen molar-refractivity contribution < 1.29 is 21.6 Å². The molecular weight excluding hydrogens is 536 g/mol. The number of alkyl halides is 3. The van der Waals surface area contributed by atoms with Crippen molar-refractivity contribution in [2.75, 3.05) is 59.4 Å². The summed E-state index contributed by atoms with van der Waals surface area (Å²) in [6.07, 6.45) is 0.592. The molecule has 0 aromatic carbocycles. The maximum Gasteiger partial charge on any atom is 0.511 e. The summed E-state index contributed by atoms with van der Waals surface area (Å²) >= 11 is 0. The summed E-state index contributed by atoms with van der Waals surface area (Å²) in [7, 11) is -3.60. The molecule has 2 saturated heterocycles. The van der Waals surface area contributed by atoms with E-state index in [4.69, 9.17) is 0 Å². The van der Waals surface area contributed by atoms with E-state index in [1.165, 1.54) is 0 Å². The molecule has 2 rings (SSSR count). The molecule has 0 aromatic heterocycles. The second kappa shape index (κ2) is 12.0. The van der Waals surface area contributed by atoms with Crippen LogP contribution in [0, 0.1) is 0 Å². The zero-order valence-corrected chi connectivity index (χ0v) is 20.9. The molecule has 2 heterocycles. The van der Waals surface area contributed by atoms with Crippen LogP contribution in [0.15, 0.2) is 4.99 Å². The lowest BCUT2D eigenvalue weighted by molar-refractivity contribution is -0.0494. The van der Waals surface area contributed by atoms with Gasteiger partial charge in [-0.05, 0) is 26.3 Å². The zero-order chi connectivity index (χ0) is 21.7. The number of nitrogens with one attached hydrogen (secondary N) is 2. The zero-order valence-electron chi connectivity index (χ0n) is 17.8. The summed E-state index contributed by atoms with van der Waals surface area (Å²) in [6.45, 7) is 9.95. The number of aliphatic imine (C=N–C) groups is 1. The van der Waals surface area contributed by atoms with E-state index in [0.717, 1.165) is 32.7 Å². The second-order valence-electron chi connectivity index (χ2n) is 7.54. The number of likely N-dealkylation sites (N-methyl/N-ethyl adjacent to an activating group) is 1. The van der Waals surface area contributed by atoms with Crippen LogP contribution in [0.3, 0.4) is 0 Å². The van der Waals surface area contributed by atoms with E-state index in [1.807, 2.05) is 0 Å². The normalized spacial score (nSPS) is 22.4. The lowest BCUT2D eigenvalue weighted by Crippen LogP contribution is -2.55. The average Bonchev–Trinajstić information content (AvgIpc) is 2.70. The molecule has 0 aromatic rings. The number of hydrogen-bond acceptors (Lipinski definition) is 5. The predicted molar refractivity (Wildman–Crippen MR) is 123 cm³/mol. The molecule has 0 aliphatic carbocycles. The average molecular weight is 570 g/mol. The smallest absolute Gasteiger partial charge is 0.355 e. The summed E-state index contributed by atoms with van der Waals surface area (Å²) in [4.78, 5) is 9.03. The van der Waals surface area contributed by atoms with Crippen molar-refractivity contribution >= 4 is 40.0 Å². The van der Waals surface area contributed by atoms with Crippen LogP contribution in [0.2, 0.25) is 0 Å². The highest BCUT2D eigenvalue weighted by Gasteiger charge is 2.50. The van der Waals surface area contributed by atoms with Crippen LogP contribution in [-0.4, -0.2) is 105 Å². The third kappa shape index (κ3) is 7.35. The highest BCUT2D eigenvalue weighted by molar-refractivity contribution is 14.0. The summed E-state index contributed by atoms with van der Waals surface area (Å²) in [6, 6.07) is 0.204. The summed E-state index contributed by atoms with van der Waals surface area (Å²) in [5.41, 5.74) is -5.25. The van der Waals surface area contributed by atoms with Crippen molar-refractivity contribution in [3.05, 3.63) is 0 Å². The Morgan fingerprint density at radius 1 is 1.13 bits per heavy atom. The molecule has 0 spiro atoms. The number of halogens is 4. The van der Waals surface area contributed by atoms with E-state index in [9.17, 15) is 21.6 Å². The van der Waals surface area contributed by atoms with Gasteiger partial charge in [-0.2, -0.15) is 17.5 Å². The third-order valence-electron chi connectivity index (χ3n) is 5.69. The van der Waals surface area contributed by atoms with Gasteiger partial charge in [0.15, 0.2) is 5.96 Å². The highest BCUT2D eigenvalue weighted by Crippen LogP contribution is 2.28. The van der Waals surface area contributed by atoms with E-state index in [0.29, 0.717) is 35.7 Å². The minimum atomic E-state index is -5.25. The molecule has 0 saturated carbocycles. The van der Waals surface area contributed by atoms with Crippen molar-refractivity contribution in [2.45, 2.75) is 44.3 Å². The van der Waals surface area contributed by atoms with Gasteiger partial charge in [0.05, 0.1) is 0 Å². The Bertz CT molecular complexity index is 648. The van der Waals surface area contributed by atoms with Gasteiger partial charge in [-0.1, -0.05) is 6.92 Å². The van der Waals surface area contributed by atoms with E-state index in [2.05, 4.69) is 39.3 Å². The first-order valence-corrected chi connectivity index (χ1v) is 11.5. The van der Waals surface area contributed by atoms with Gasteiger partial charge in [0.25, 0.3) is 0 Å². The van der Waals surface area contributed by atoms with Gasteiger partial charge in [0.2, 0.25) is 0 Å². The minimum absolute atomic E-state index is 0. The Hall–Kier alpha value is -0.380. The monoisotopic (exact) mass is 570 g/mol. The fourth-order valence-corrected chi connectivity index (χ4v) is 4.65. The van der Waals surface area contributed by atoms with Crippen LogP contribution in [0.4, 0.5) is 13.2 Å². The third-order valence-corrected chi connectivity index (χ3v) is 7.32. The Morgan fingerprint density at radius 3 is 2.17 bits per heavy atom. The standard InChI is InChI=1S/C17H33F3N6O2S.HI/c1-4-24-9-11-25(12-10-24)14(2)13-22-16(21-3)23-15-5-7-26(8-6-15)29(27,28)17(18,19)20;/h14-15H,4-13H2,1-3H3,(H2,21,22,23);1H. The number of piperidine rings is 1. The first-order chi connectivity index (χ1) is 13.6. The van der Waals surface area contributed by atoms with E-state index in [1.54, 1.807) is 7.05 Å². The lowest BCUT2D eigenvalue weighted by atomic mass is 10.1. The molecule has 1 unspecified atom stereocenters. The summed E-state index contributed by atoms with van der Waals surface area (Å²) in [5, 5.41) is 6.48. The van der Waals surface area contributed by atoms with Gasteiger partial charge in [0, 0.05) is 64.9 Å². The largest absolute Gasteiger partial charge is 0.511 e. The molecule has 30 heavy (non-hydrogen) atoms. The molecule has 0 bridgehead atoms. The quantitative estimate of drug-likeness (QED) is 0.283. The van der Waals surface area contributed by atoms with Crippen LogP contribution < -0.4 is 10.6 Å². The molecule has 0 radical (unpaired) electrons. The van der Waals surface area contributed by atoms with Crippen molar-refractivity contribution in [1.82, 2.24) is 24.7 Å². The number of guanidine groups is 1. The van der Waals surface area contributed by atoms with Crippen LogP contribution in [0.1, 0.15) is 26.7 Å².